The fraction of sp³-hybridized carbons (Fsp3) is 0.0455. The Bertz CT molecular complexity index is 1000. The molecule has 7 heteroatoms. The molecule has 0 saturated carbocycles. The lowest BCUT2D eigenvalue weighted by atomic mass is 10.2. The first-order valence-electron chi connectivity index (χ1n) is 8.81. The van der Waals surface area contributed by atoms with Crippen LogP contribution in [0.25, 0.3) is 0 Å². The Kier molecular flexibility index (Phi) is 6.57. The van der Waals surface area contributed by atoms with E-state index in [1.54, 1.807) is 42.5 Å². The molecule has 0 fully saturated rings. The van der Waals surface area contributed by atoms with Crippen LogP contribution < -0.4 is 15.5 Å². The van der Waals surface area contributed by atoms with Crippen molar-refractivity contribution in [3.8, 4) is 11.5 Å². The normalized spacial score (nSPS) is 10.5. The molecule has 2 amide bonds. The van der Waals surface area contributed by atoms with Crippen molar-refractivity contribution in [1.29, 1.82) is 0 Å². The van der Waals surface area contributed by atoms with E-state index < -0.39 is 11.8 Å². The van der Waals surface area contributed by atoms with Crippen LogP contribution in [0.2, 0.25) is 0 Å². The third kappa shape index (κ3) is 5.93. The number of hydrogen-bond acceptors (Lipinski definition) is 5. The van der Waals surface area contributed by atoms with E-state index in [2.05, 4.69) is 15.8 Å². The highest BCUT2D eigenvalue weighted by Gasteiger charge is 2.13. The highest BCUT2D eigenvalue weighted by Crippen LogP contribution is 2.17. The number of hydrazone groups is 1. The summed E-state index contributed by atoms with van der Waals surface area (Å²) in [4.78, 5) is 23.8. The zero-order valence-corrected chi connectivity index (χ0v) is 15.4. The number of anilines is 1. The van der Waals surface area contributed by atoms with Crippen molar-refractivity contribution in [2.75, 3.05) is 5.32 Å². The first kappa shape index (κ1) is 19.6. The molecule has 0 unspecified atom stereocenters. The number of aromatic hydroxyl groups is 1. The Labute approximate surface area is 167 Å². The van der Waals surface area contributed by atoms with Crippen LogP contribution >= 0.6 is 0 Å². The van der Waals surface area contributed by atoms with Crippen molar-refractivity contribution >= 4 is 23.7 Å². The fourth-order valence-corrected chi connectivity index (χ4v) is 2.37. The van der Waals surface area contributed by atoms with Crippen LogP contribution in [0.15, 0.2) is 84.0 Å². The summed E-state index contributed by atoms with van der Waals surface area (Å²) in [6.07, 6.45) is 1.25. The van der Waals surface area contributed by atoms with Gasteiger partial charge in [-0.05, 0) is 42.0 Å². The van der Waals surface area contributed by atoms with Gasteiger partial charge >= 0.3 is 11.8 Å². The van der Waals surface area contributed by atoms with Crippen LogP contribution in [0.3, 0.4) is 0 Å². The average molecular weight is 389 g/mol. The molecule has 0 saturated heterocycles. The highest BCUT2D eigenvalue weighted by atomic mass is 16.5. The van der Waals surface area contributed by atoms with E-state index >= 15 is 0 Å². The van der Waals surface area contributed by atoms with Gasteiger partial charge in [-0.15, -0.1) is 0 Å². The van der Waals surface area contributed by atoms with Gasteiger partial charge in [-0.2, -0.15) is 5.10 Å². The van der Waals surface area contributed by atoms with E-state index in [-0.39, 0.29) is 5.75 Å². The van der Waals surface area contributed by atoms with Crippen molar-refractivity contribution in [2.24, 2.45) is 5.10 Å². The Morgan fingerprint density at radius 3 is 2.31 bits per heavy atom. The molecule has 0 aromatic heterocycles. The van der Waals surface area contributed by atoms with Crippen molar-refractivity contribution in [2.45, 2.75) is 6.61 Å². The number of phenols is 1. The fourth-order valence-electron chi connectivity index (χ4n) is 2.37. The standard InChI is InChI=1S/C22H19N3O4/c26-20-9-5-4-8-17(20)14-23-25-22(28)21(27)24-18-10-12-19(13-11-18)29-15-16-6-2-1-3-7-16/h1-14,26H,15H2,(H,24,27)(H,25,28)/b23-14-. The summed E-state index contributed by atoms with van der Waals surface area (Å²) in [5.74, 6) is -1.13. The third-order valence-electron chi connectivity index (χ3n) is 3.87. The predicted octanol–water partition coefficient (Wildman–Crippen LogP) is 3.06. The zero-order chi connectivity index (χ0) is 20.5. The van der Waals surface area contributed by atoms with Gasteiger partial charge in [0.25, 0.3) is 0 Å². The van der Waals surface area contributed by atoms with Gasteiger partial charge in [-0.25, -0.2) is 5.43 Å². The van der Waals surface area contributed by atoms with Crippen molar-refractivity contribution in [1.82, 2.24) is 5.43 Å². The molecule has 0 heterocycles. The average Bonchev–Trinajstić information content (AvgIpc) is 2.75. The van der Waals surface area contributed by atoms with Gasteiger partial charge in [0.15, 0.2) is 0 Å². The molecule has 0 aliphatic rings. The number of amides is 2. The number of nitrogens with one attached hydrogen (secondary N) is 2. The molecule has 0 spiro atoms. The van der Waals surface area contributed by atoms with Crippen LogP contribution in [-0.2, 0) is 16.2 Å². The second-order valence-electron chi connectivity index (χ2n) is 6.01. The monoisotopic (exact) mass is 389 g/mol. The molecule has 0 aliphatic heterocycles. The Morgan fingerprint density at radius 1 is 0.897 bits per heavy atom. The van der Waals surface area contributed by atoms with Gasteiger partial charge in [0.2, 0.25) is 0 Å². The summed E-state index contributed by atoms with van der Waals surface area (Å²) in [5.41, 5.74) is 4.02. The number of rotatable bonds is 6. The number of carbonyl (C=O) groups excluding carboxylic acids is 2. The maximum atomic E-state index is 11.9. The molecule has 29 heavy (non-hydrogen) atoms. The zero-order valence-electron chi connectivity index (χ0n) is 15.4. The number of nitrogens with zero attached hydrogens (tertiary/aromatic N) is 1. The molecular formula is C22H19N3O4. The SMILES string of the molecule is O=C(N/N=C\c1ccccc1O)C(=O)Nc1ccc(OCc2ccccc2)cc1. The van der Waals surface area contributed by atoms with Gasteiger partial charge in [0, 0.05) is 11.3 Å². The van der Waals surface area contributed by atoms with E-state index in [0.717, 1.165) is 5.56 Å². The van der Waals surface area contributed by atoms with E-state index in [1.165, 1.54) is 12.3 Å². The van der Waals surface area contributed by atoms with Crippen molar-refractivity contribution in [3.63, 3.8) is 0 Å². The Morgan fingerprint density at radius 2 is 1.59 bits per heavy atom. The van der Waals surface area contributed by atoms with Crippen LogP contribution in [-0.4, -0.2) is 23.1 Å². The molecule has 3 rings (SSSR count). The van der Waals surface area contributed by atoms with Crippen molar-refractivity contribution in [3.05, 3.63) is 90.0 Å². The number of hydrogen-bond donors (Lipinski definition) is 3. The molecule has 0 radical (unpaired) electrons. The largest absolute Gasteiger partial charge is 0.507 e. The smallest absolute Gasteiger partial charge is 0.329 e. The topological polar surface area (TPSA) is 100 Å². The Balaban J connectivity index is 1.48. The summed E-state index contributed by atoms with van der Waals surface area (Å²) in [6.45, 7) is 0.434. The maximum Gasteiger partial charge on any atom is 0.329 e. The van der Waals surface area contributed by atoms with Crippen molar-refractivity contribution < 1.29 is 19.4 Å². The van der Waals surface area contributed by atoms with Gasteiger partial charge in [0.05, 0.1) is 6.21 Å². The lowest BCUT2D eigenvalue weighted by Crippen LogP contribution is -2.32. The number of ether oxygens (including phenoxy) is 1. The minimum Gasteiger partial charge on any atom is -0.507 e. The third-order valence-corrected chi connectivity index (χ3v) is 3.87. The van der Waals surface area contributed by atoms with Crippen LogP contribution in [0.4, 0.5) is 5.69 Å². The molecule has 3 N–H and O–H groups in total. The van der Waals surface area contributed by atoms with Gasteiger partial charge in [0.1, 0.15) is 18.1 Å². The number of carbonyl (C=O) groups is 2. The lowest BCUT2D eigenvalue weighted by Gasteiger charge is -2.08. The minimum atomic E-state index is -0.930. The number of benzene rings is 3. The highest BCUT2D eigenvalue weighted by molar-refractivity contribution is 6.39. The number of phenolic OH excluding ortho intramolecular Hbond substituents is 1. The summed E-state index contributed by atoms with van der Waals surface area (Å²) in [7, 11) is 0. The molecule has 146 valence electrons. The number of para-hydroxylation sites is 1. The Hall–Kier alpha value is -4.13. The quantitative estimate of drug-likeness (QED) is 0.343. The van der Waals surface area contributed by atoms with Crippen LogP contribution in [0, 0.1) is 0 Å². The van der Waals surface area contributed by atoms with Crippen LogP contribution in [0.5, 0.6) is 11.5 Å². The minimum absolute atomic E-state index is 0.0181. The van der Waals surface area contributed by atoms with Gasteiger partial charge in [-0.3, -0.25) is 9.59 Å². The second kappa shape index (κ2) is 9.70. The predicted molar refractivity (Wildman–Crippen MR) is 110 cm³/mol. The van der Waals surface area contributed by atoms with E-state index in [4.69, 9.17) is 4.74 Å². The molecule has 0 bridgehead atoms. The maximum absolute atomic E-state index is 11.9. The molecule has 3 aromatic carbocycles. The second-order valence-corrected chi connectivity index (χ2v) is 6.01. The van der Waals surface area contributed by atoms with Gasteiger partial charge < -0.3 is 15.2 Å². The van der Waals surface area contributed by atoms with Crippen LogP contribution in [0.1, 0.15) is 11.1 Å². The molecule has 0 aliphatic carbocycles. The van der Waals surface area contributed by atoms with E-state index in [9.17, 15) is 14.7 Å². The molecule has 3 aromatic rings. The summed E-state index contributed by atoms with van der Waals surface area (Å²) in [6, 6.07) is 22.9. The van der Waals surface area contributed by atoms with E-state index in [0.29, 0.717) is 23.6 Å². The molecule has 0 atom stereocenters. The molecular weight excluding hydrogens is 370 g/mol. The summed E-state index contributed by atoms with van der Waals surface area (Å²) in [5, 5.41) is 15.8. The summed E-state index contributed by atoms with van der Waals surface area (Å²) < 4.78 is 5.67. The first-order chi connectivity index (χ1) is 14.1. The first-order valence-corrected chi connectivity index (χ1v) is 8.81. The summed E-state index contributed by atoms with van der Waals surface area (Å²) >= 11 is 0. The van der Waals surface area contributed by atoms with Gasteiger partial charge in [-0.1, -0.05) is 42.5 Å². The van der Waals surface area contributed by atoms with E-state index in [1.807, 2.05) is 30.3 Å². The molecule has 7 nitrogen and oxygen atoms in total. The lowest BCUT2D eigenvalue weighted by molar-refractivity contribution is -0.136.